The van der Waals surface area contributed by atoms with Gasteiger partial charge in [0.25, 0.3) is 0 Å². The van der Waals surface area contributed by atoms with E-state index in [0.29, 0.717) is 32.1 Å². The Hall–Kier alpha value is -1.79. The number of benzene rings is 2. The summed E-state index contributed by atoms with van der Waals surface area (Å²) in [6, 6.07) is 17.7. The summed E-state index contributed by atoms with van der Waals surface area (Å²) >= 11 is 0. The van der Waals surface area contributed by atoms with E-state index >= 15 is 0 Å². The third kappa shape index (κ3) is 11.7. The summed E-state index contributed by atoms with van der Waals surface area (Å²) in [7, 11) is 0. The van der Waals surface area contributed by atoms with Gasteiger partial charge in [-0.2, -0.15) is 0 Å². The van der Waals surface area contributed by atoms with Gasteiger partial charge in [0, 0.05) is 12.1 Å². The number of nitrogens with one attached hydrogen (secondary N) is 1. The van der Waals surface area contributed by atoms with E-state index in [0.717, 1.165) is 12.2 Å². The van der Waals surface area contributed by atoms with Gasteiger partial charge in [-0.15, -0.1) is 12.4 Å². The molecule has 6 heteroatoms. The molecule has 0 amide bonds. The largest absolute Gasteiger partial charge is 0.491 e. The van der Waals surface area contributed by atoms with Crippen molar-refractivity contribution in [2.75, 3.05) is 33.0 Å². The van der Waals surface area contributed by atoms with Crippen molar-refractivity contribution in [3.05, 3.63) is 60.2 Å². The Balaban J connectivity index is 0.00000420. The molecule has 0 aliphatic carbocycles. The zero-order valence-corrected chi connectivity index (χ0v) is 18.4. The van der Waals surface area contributed by atoms with Crippen molar-refractivity contribution < 1.29 is 19.3 Å². The fourth-order valence-corrected chi connectivity index (χ4v) is 2.46. The van der Waals surface area contributed by atoms with Gasteiger partial charge in [0.1, 0.15) is 30.8 Å². The highest BCUT2D eigenvalue weighted by Crippen LogP contribution is 2.17. The van der Waals surface area contributed by atoms with E-state index in [1.165, 1.54) is 5.56 Å². The summed E-state index contributed by atoms with van der Waals surface area (Å²) in [5.74, 6) is 1.48. The standard InChI is InChI=1S/C23H33NO4.ClH/c1-23(2,3)24-17-20(25)18-28-22-11-9-21(10-12-22)27-16-15-26-14-13-19-7-5-4-6-8-19;/h4-12,20,24-25H,13-18H2,1-3H3;1H. The number of ether oxygens (including phenoxy) is 3. The minimum atomic E-state index is -0.553. The Bertz CT molecular complexity index is 659. The lowest BCUT2D eigenvalue weighted by atomic mass is 10.1. The molecule has 0 spiro atoms. The summed E-state index contributed by atoms with van der Waals surface area (Å²) < 4.78 is 16.9. The maximum absolute atomic E-state index is 9.96. The molecule has 1 atom stereocenters. The lowest BCUT2D eigenvalue weighted by molar-refractivity contribution is 0.0993. The van der Waals surface area contributed by atoms with Crippen LogP contribution in [0.4, 0.5) is 0 Å². The second kappa shape index (κ2) is 13.4. The Labute approximate surface area is 180 Å². The van der Waals surface area contributed by atoms with Gasteiger partial charge in [0.2, 0.25) is 0 Å². The number of halogens is 1. The average Bonchev–Trinajstić information content (AvgIpc) is 2.68. The van der Waals surface area contributed by atoms with Crippen molar-refractivity contribution in [3.63, 3.8) is 0 Å². The van der Waals surface area contributed by atoms with Crippen LogP contribution in [0.15, 0.2) is 54.6 Å². The van der Waals surface area contributed by atoms with Crippen molar-refractivity contribution in [2.24, 2.45) is 0 Å². The third-order valence-corrected chi connectivity index (χ3v) is 4.01. The highest BCUT2D eigenvalue weighted by molar-refractivity contribution is 5.85. The first-order valence-corrected chi connectivity index (χ1v) is 9.83. The zero-order chi connectivity index (χ0) is 20.2. The highest BCUT2D eigenvalue weighted by Gasteiger charge is 2.12. The number of β-amino-alcohol motifs (C(OH)–C–C–N with tert-alkyl or cyclic N) is 1. The Morgan fingerprint density at radius 2 is 1.48 bits per heavy atom. The van der Waals surface area contributed by atoms with Gasteiger partial charge < -0.3 is 24.6 Å². The van der Waals surface area contributed by atoms with Gasteiger partial charge in [-0.1, -0.05) is 30.3 Å². The molecule has 29 heavy (non-hydrogen) atoms. The first-order valence-electron chi connectivity index (χ1n) is 9.83. The maximum Gasteiger partial charge on any atom is 0.119 e. The van der Waals surface area contributed by atoms with E-state index in [-0.39, 0.29) is 24.6 Å². The van der Waals surface area contributed by atoms with Crippen molar-refractivity contribution in [2.45, 2.75) is 38.8 Å². The van der Waals surface area contributed by atoms with Gasteiger partial charge in [-0.3, -0.25) is 0 Å². The van der Waals surface area contributed by atoms with Gasteiger partial charge in [-0.25, -0.2) is 0 Å². The monoisotopic (exact) mass is 423 g/mol. The topological polar surface area (TPSA) is 60.0 Å². The molecule has 0 heterocycles. The van der Waals surface area contributed by atoms with E-state index in [9.17, 15) is 5.11 Å². The first-order chi connectivity index (χ1) is 13.4. The smallest absolute Gasteiger partial charge is 0.119 e. The number of rotatable bonds is 12. The molecule has 0 saturated carbocycles. The van der Waals surface area contributed by atoms with Crippen molar-refractivity contribution >= 4 is 12.4 Å². The van der Waals surface area contributed by atoms with Crippen LogP contribution < -0.4 is 14.8 Å². The minimum absolute atomic E-state index is 0. The summed E-state index contributed by atoms with van der Waals surface area (Å²) in [4.78, 5) is 0. The maximum atomic E-state index is 9.96. The normalized spacial score (nSPS) is 12.1. The molecule has 0 aliphatic rings. The van der Waals surface area contributed by atoms with Crippen LogP contribution in [0.25, 0.3) is 0 Å². The zero-order valence-electron chi connectivity index (χ0n) is 17.6. The Morgan fingerprint density at radius 3 is 2.10 bits per heavy atom. The third-order valence-electron chi connectivity index (χ3n) is 4.01. The molecule has 0 bridgehead atoms. The van der Waals surface area contributed by atoms with Crippen LogP contribution in [-0.4, -0.2) is 49.7 Å². The van der Waals surface area contributed by atoms with E-state index in [2.05, 4.69) is 38.2 Å². The molecule has 1 unspecified atom stereocenters. The summed E-state index contributed by atoms with van der Waals surface area (Å²) in [6.45, 7) is 8.68. The Kier molecular flexibility index (Phi) is 11.7. The molecular weight excluding hydrogens is 390 g/mol. The van der Waals surface area contributed by atoms with Crippen LogP contribution >= 0.6 is 12.4 Å². The van der Waals surface area contributed by atoms with Crippen LogP contribution in [-0.2, 0) is 11.2 Å². The Morgan fingerprint density at radius 1 is 0.862 bits per heavy atom. The van der Waals surface area contributed by atoms with Crippen LogP contribution in [0.5, 0.6) is 11.5 Å². The van der Waals surface area contributed by atoms with E-state index in [4.69, 9.17) is 14.2 Å². The molecule has 2 N–H and O–H groups in total. The molecule has 162 valence electrons. The van der Waals surface area contributed by atoms with Crippen LogP contribution in [0, 0.1) is 0 Å². The van der Waals surface area contributed by atoms with Crippen LogP contribution in [0.1, 0.15) is 26.3 Å². The van der Waals surface area contributed by atoms with Crippen molar-refractivity contribution in [1.82, 2.24) is 5.32 Å². The van der Waals surface area contributed by atoms with E-state index in [1.54, 1.807) is 0 Å². The summed E-state index contributed by atoms with van der Waals surface area (Å²) in [5, 5.41) is 13.2. The molecule has 0 fully saturated rings. The van der Waals surface area contributed by atoms with Gasteiger partial charge >= 0.3 is 0 Å². The first kappa shape index (κ1) is 25.2. The number of aliphatic hydroxyl groups excluding tert-OH is 1. The van der Waals surface area contributed by atoms with E-state index < -0.39 is 6.10 Å². The quantitative estimate of drug-likeness (QED) is 0.507. The van der Waals surface area contributed by atoms with E-state index in [1.807, 2.05) is 42.5 Å². The second-order valence-corrected chi connectivity index (χ2v) is 7.76. The molecule has 0 aliphatic heterocycles. The fourth-order valence-electron chi connectivity index (χ4n) is 2.46. The van der Waals surface area contributed by atoms with Gasteiger partial charge in [0.05, 0.1) is 13.2 Å². The van der Waals surface area contributed by atoms with Crippen molar-refractivity contribution in [1.29, 1.82) is 0 Å². The highest BCUT2D eigenvalue weighted by atomic mass is 35.5. The number of aliphatic hydroxyl groups is 1. The molecule has 0 aromatic heterocycles. The molecular formula is C23H34ClNO4. The molecule has 2 rings (SSSR count). The predicted octanol–water partition coefficient (Wildman–Crippen LogP) is 3.87. The van der Waals surface area contributed by atoms with Crippen LogP contribution in [0.2, 0.25) is 0 Å². The minimum Gasteiger partial charge on any atom is -0.491 e. The van der Waals surface area contributed by atoms with Crippen LogP contribution in [0.3, 0.4) is 0 Å². The predicted molar refractivity (Wildman–Crippen MR) is 119 cm³/mol. The van der Waals surface area contributed by atoms with Gasteiger partial charge in [0.15, 0.2) is 0 Å². The molecule has 0 saturated heterocycles. The van der Waals surface area contributed by atoms with Gasteiger partial charge in [-0.05, 0) is 57.0 Å². The molecule has 2 aromatic rings. The SMILES string of the molecule is CC(C)(C)NCC(O)COc1ccc(OCCOCCc2ccccc2)cc1.Cl. The van der Waals surface area contributed by atoms with Crippen molar-refractivity contribution in [3.8, 4) is 11.5 Å². The molecule has 0 radical (unpaired) electrons. The lowest BCUT2D eigenvalue weighted by Crippen LogP contribution is -2.42. The number of hydrogen-bond acceptors (Lipinski definition) is 5. The average molecular weight is 424 g/mol. The molecule has 5 nitrogen and oxygen atoms in total. The fraction of sp³-hybridized carbons (Fsp3) is 0.478. The second-order valence-electron chi connectivity index (χ2n) is 7.76. The lowest BCUT2D eigenvalue weighted by Gasteiger charge is -2.23. The molecule has 2 aromatic carbocycles. The summed E-state index contributed by atoms with van der Waals surface area (Å²) in [6.07, 6.45) is 0.354. The summed E-state index contributed by atoms with van der Waals surface area (Å²) in [5.41, 5.74) is 1.25. The number of hydrogen-bond donors (Lipinski definition) is 2.